The van der Waals surface area contributed by atoms with Crippen molar-refractivity contribution in [2.45, 2.75) is 52.5 Å². The molecule has 1 amide bonds. The molecule has 84 valence electrons. The molecule has 1 N–H and O–H groups in total. The molecule has 1 aliphatic heterocycles. The Hall–Kier alpha value is -0.570. The highest BCUT2D eigenvalue weighted by atomic mass is 16.5. The van der Waals surface area contributed by atoms with Gasteiger partial charge >= 0.3 is 0 Å². The first-order valence-electron chi connectivity index (χ1n) is 5.61. The minimum absolute atomic E-state index is 0.187. The number of carbonyl (C=O) groups excluding carboxylic acids is 1. The van der Waals surface area contributed by atoms with Gasteiger partial charge < -0.3 is 10.1 Å². The summed E-state index contributed by atoms with van der Waals surface area (Å²) < 4.78 is 5.18. The molecular weight excluding hydrogens is 178 g/mol. The van der Waals surface area contributed by atoms with E-state index in [0.717, 1.165) is 26.1 Å². The standard InChI is InChI=1S/C8H15NO2.C3H8/c1-2-11-6-5-7-3-4-8(10)9-7;1-3-2/h7H,2-6H2,1H3,(H,9,10);3H2,1-2H3. The first-order chi connectivity index (χ1) is 6.74. The summed E-state index contributed by atoms with van der Waals surface area (Å²) in [5.74, 6) is 0.187. The molecule has 3 nitrogen and oxygen atoms in total. The lowest BCUT2D eigenvalue weighted by Crippen LogP contribution is -2.26. The molecule has 1 fully saturated rings. The van der Waals surface area contributed by atoms with Gasteiger partial charge in [0.1, 0.15) is 0 Å². The van der Waals surface area contributed by atoms with E-state index in [9.17, 15) is 4.79 Å². The Kier molecular flexibility index (Phi) is 8.64. The van der Waals surface area contributed by atoms with Gasteiger partial charge in [-0.2, -0.15) is 0 Å². The van der Waals surface area contributed by atoms with Crippen LogP contribution in [0.4, 0.5) is 0 Å². The fourth-order valence-corrected chi connectivity index (χ4v) is 1.26. The predicted molar refractivity (Wildman–Crippen MR) is 58.2 cm³/mol. The van der Waals surface area contributed by atoms with Crippen molar-refractivity contribution in [2.24, 2.45) is 0 Å². The zero-order chi connectivity index (χ0) is 10.8. The molecule has 0 spiro atoms. The molecule has 0 aliphatic carbocycles. The topological polar surface area (TPSA) is 38.3 Å². The van der Waals surface area contributed by atoms with Crippen LogP contribution >= 0.6 is 0 Å². The molecule has 0 aromatic rings. The molecule has 1 heterocycles. The second-order valence-electron chi connectivity index (χ2n) is 3.50. The SMILES string of the molecule is CCC.CCOCCC1CCC(=O)N1. The number of nitrogens with one attached hydrogen (secondary N) is 1. The lowest BCUT2D eigenvalue weighted by atomic mass is 10.2. The maximum Gasteiger partial charge on any atom is 0.220 e. The van der Waals surface area contributed by atoms with Gasteiger partial charge in [-0.05, 0) is 19.8 Å². The molecule has 1 rings (SSSR count). The van der Waals surface area contributed by atoms with Gasteiger partial charge in [0.05, 0.1) is 0 Å². The van der Waals surface area contributed by atoms with Crippen LogP contribution < -0.4 is 5.32 Å². The van der Waals surface area contributed by atoms with E-state index in [4.69, 9.17) is 4.74 Å². The largest absolute Gasteiger partial charge is 0.382 e. The van der Waals surface area contributed by atoms with E-state index < -0.39 is 0 Å². The minimum atomic E-state index is 0.187. The highest BCUT2D eigenvalue weighted by Crippen LogP contribution is 2.09. The van der Waals surface area contributed by atoms with Gasteiger partial charge in [-0.25, -0.2) is 0 Å². The Labute approximate surface area is 87.2 Å². The van der Waals surface area contributed by atoms with Crippen molar-refractivity contribution in [3.8, 4) is 0 Å². The highest BCUT2D eigenvalue weighted by Gasteiger charge is 2.19. The maximum atomic E-state index is 10.7. The third kappa shape index (κ3) is 6.89. The monoisotopic (exact) mass is 201 g/mol. The molecule has 0 bridgehead atoms. The maximum absolute atomic E-state index is 10.7. The van der Waals surface area contributed by atoms with Crippen LogP contribution in [0.1, 0.15) is 46.5 Å². The van der Waals surface area contributed by atoms with Crippen LogP contribution in [0.3, 0.4) is 0 Å². The summed E-state index contributed by atoms with van der Waals surface area (Å²) in [6.45, 7) is 7.76. The molecule has 1 atom stereocenters. The van der Waals surface area contributed by atoms with Crippen LogP contribution in [0.5, 0.6) is 0 Å². The fraction of sp³-hybridized carbons (Fsp3) is 0.909. The van der Waals surface area contributed by atoms with E-state index in [1.54, 1.807) is 0 Å². The summed E-state index contributed by atoms with van der Waals surface area (Å²) in [5, 5.41) is 2.89. The van der Waals surface area contributed by atoms with Gasteiger partial charge in [-0.15, -0.1) is 0 Å². The Morgan fingerprint density at radius 2 is 2.07 bits per heavy atom. The van der Waals surface area contributed by atoms with Crippen LogP contribution in [0, 0.1) is 0 Å². The van der Waals surface area contributed by atoms with Crippen molar-refractivity contribution in [2.75, 3.05) is 13.2 Å². The minimum Gasteiger partial charge on any atom is -0.382 e. The van der Waals surface area contributed by atoms with Crippen LogP contribution in [0.15, 0.2) is 0 Å². The molecule has 0 aromatic carbocycles. The number of carbonyl (C=O) groups is 1. The number of rotatable bonds is 4. The average Bonchev–Trinajstić information content (AvgIpc) is 2.53. The lowest BCUT2D eigenvalue weighted by Gasteiger charge is -2.08. The van der Waals surface area contributed by atoms with Crippen LogP contribution in [-0.2, 0) is 9.53 Å². The van der Waals surface area contributed by atoms with E-state index in [1.165, 1.54) is 6.42 Å². The zero-order valence-corrected chi connectivity index (χ0v) is 9.64. The third-order valence-electron chi connectivity index (χ3n) is 1.90. The summed E-state index contributed by atoms with van der Waals surface area (Å²) in [7, 11) is 0. The van der Waals surface area contributed by atoms with Crippen LogP contribution in [-0.4, -0.2) is 25.2 Å². The van der Waals surface area contributed by atoms with E-state index >= 15 is 0 Å². The van der Waals surface area contributed by atoms with Gasteiger partial charge in [-0.3, -0.25) is 4.79 Å². The van der Waals surface area contributed by atoms with Crippen molar-refractivity contribution >= 4 is 5.91 Å². The van der Waals surface area contributed by atoms with Gasteiger partial charge in [0.25, 0.3) is 0 Å². The molecule has 3 heteroatoms. The number of hydrogen-bond acceptors (Lipinski definition) is 2. The van der Waals surface area contributed by atoms with Crippen molar-refractivity contribution in [3.63, 3.8) is 0 Å². The predicted octanol–water partition coefficient (Wildman–Crippen LogP) is 2.11. The summed E-state index contributed by atoms with van der Waals surface area (Å²) in [5.41, 5.74) is 0. The first-order valence-corrected chi connectivity index (χ1v) is 5.61. The van der Waals surface area contributed by atoms with Crippen LogP contribution in [0.25, 0.3) is 0 Å². The van der Waals surface area contributed by atoms with Crippen LogP contribution in [0.2, 0.25) is 0 Å². The fourth-order valence-electron chi connectivity index (χ4n) is 1.26. The van der Waals surface area contributed by atoms with Crippen molar-refractivity contribution in [1.82, 2.24) is 5.32 Å². The number of hydrogen-bond donors (Lipinski definition) is 1. The zero-order valence-electron chi connectivity index (χ0n) is 9.64. The van der Waals surface area contributed by atoms with Gasteiger partial charge in [0.2, 0.25) is 5.91 Å². The number of amides is 1. The van der Waals surface area contributed by atoms with Gasteiger partial charge in [-0.1, -0.05) is 20.3 Å². The second kappa shape index (κ2) is 9.00. The normalized spacial score (nSPS) is 19.9. The smallest absolute Gasteiger partial charge is 0.220 e. The Morgan fingerprint density at radius 3 is 2.50 bits per heavy atom. The van der Waals surface area contributed by atoms with E-state index in [0.29, 0.717) is 12.5 Å². The molecule has 0 aromatic heterocycles. The van der Waals surface area contributed by atoms with E-state index in [-0.39, 0.29) is 5.91 Å². The van der Waals surface area contributed by atoms with E-state index in [2.05, 4.69) is 19.2 Å². The molecule has 0 saturated carbocycles. The van der Waals surface area contributed by atoms with Gasteiger partial charge in [0.15, 0.2) is 0 Å². The summed E-state index contributed by atoms with van der Waals surface area (Å²) >= 11 is 0. The molecule has 0 radical (unpaired) electrons. The third-order valence-corrected chi connectivity index (χ3v) is 1.90. The van der Waals surface area contributed by atoms with Crippen molar-refractivity contribution in [1.29, 1.82) is 0 Å². The first kappa shape index (κ1) is 13.4. The second-order valence-corrected chi connectivity index (χ2v) is 3.50. The van der Waals surface area contributed by atoms with E-state index in [1.807, 2.05) is 6.92 Å². The molecule has 1 unspecified atom stereocenters. The number of ether oxygens (including phenoxy) is 1. The summed E-state index contributed by atoms with van der Waals surface area (Å²) in [6, 6.07) is 0.369. The summed E-state index contributed by atoms with van der Waals surface area (Å²) in [6.07, 6.45) is 3.88. The molecule has 1 saturated heterocycles. The van der Waals surface area contributed by atoms with Crippen molar-refractivity contribution < 1.29 is 9.53 Å². The Balaban J connectivity index is 0.000000500. The average molecular weight is 201 g/mol. The summed E-state index contributed by atoms with van der Waals surface area (Å²) in [4.78, 5) is 10.7. The lowest BCUT2D eigenvalue weighted by molar-refractivity contribution is -0.119. The highest BCUT2D eigenvalue weighted by molar-refractivity contribution is 5.78. The Morgan fingerprint density at radius 1 is 1.43 bits per heavy atom. The molecule has 14 heavy (non-hydrogen) atoms. The molecule has 1 aliphatic rings. The van der Waals surface area contributed by atoms with Crippen molar-refractivity contribution in [3.05, 3.63) is 0 Å². The van der Waals surface area contributed by atoms with Gasteiger partial charge in [0, 0.05) is 25.7 Å². The Bertz CT molecular complexity index is 148. The molecular formula is C11H23NO2. The quantitative estimate of drug-likeness (QED) is 0.707.